The zero-order valence-electron chi connectivity index (χ0n) is 59.5. The number of carbonyl (C=O) groups is 4. The molecule has 0 N–H and O–H groups in total. The Labute approximate surface area is 658 Å². The molecule has 37 heteroatoms. The van der Waals surface area contributed by atoms with Crippen LogP contribution in [-0.4, -0.2) is 72.6 Å². The molecule has 26 nitrogen and oxygen atoms in total. The molecule has 9 aromatic carbocycles. The first kappa shape index (κ1) is 77.8. The van der Waals surface area contributed by atoms with E-state index in [1.54, 1.807) is 12.1 Å². The third-order valence-corrected chi connectivity index (χ3v) is 19.1. The van der Waals surface area contributed by atoms with Gasteiger partial charge in [-0.3, -0.25) is 38.4 Å². The maximum absolute atomic E-state index is 14.5. The number of carbonyl (C=O) groups excluding carboxylic acids is 4. The van der Waals surface area contributed by atoms with Crippen molar-refractivity contribution in [3.8, 4) is 83.6 Å². The minimum Gasteiger partial charge on any atom is -0.268 e. The number of halogens is 11. The van der Waals surface area contributed by atoms with Gasteiger partial charge in [0.1, 0.15) is 36.4 Å². The first-order chi connectivity index (χ1) is 57.0. The van der Waals surface area contributed by atoms with Gasteiger partial charge in [-0.25, -0.2) is 67.6 Å². The van der Waals surface area contributed by atoms with Gasteiger partial charge in [-0.1, -0.05) is 30.2 Å². The molecule has 0 saturated carbocycles. The summed E-state index contributed by atoms with van der Waals surface area (Å²) in [6, 6.07) is 40.6. The number of rotatable bonds is 6. The number of aromatic nitrogens is 10. The smallest absolute Gasteiger partial charge is 0.268 e. The molecule has 120 heavy (non-hydrogen) atoms. The Bertz CT molecular complexity index is 7260. The Kier molecular flexibility index (Phi) is 18.3. The first-order valence-electron chi connectivity index (χ1n) is 33.8. The molecule has 0 aliphatic carbocycles. The molecule has 2 aliphatic heterocycles. The summed E-state index contributed by atoms with van der Waals surface area (Å²) in [7, 11) is 0. The van der Waals surface area contributed by atoms with Crippen LogP contribution in [0.3, 0.4) is 0 Å². The van der Waals surface area contributed by atoms with Crippen molar-refractivity contribution < 1.29 is 67.5 Å². The van der Waals surface area contributed by atoms with Crippen LogP contribution in [0.15, 0.2) is 165 Å². The predicted octanol–water partition coefficient (Wildman–Crippen LogP) is 12.8. The van der Waals surface area contributed by atoms with Crippen LogP contribution in [-0.2, 0) is 24.5 Å². The van der Waals surface area contributed by atoms with Gasteiger partial charge >= 0.3 is 18.5 Å². The van der Waals surface area contributed by atoms with Gasteiger partial charge in [-0.15, -0.1) is 12.8 Å². The SMILES string of the molecule is C#Cc1ccc(N2C(=O)c3ccc4c5c(ccc(c35)C2=O)C(=O)N(c2ccc(C#N)c(C#N)c2)C4=O)cc1C#N.C#Cc1nc2nc3ccc(-c4ccc5nc6nc(C#N)c(C#N)nc6nc5c4)cc3nc2nc1C#N.CC(F)(F)c1ccc(-n2c(=O)c3c(C(F)(F)F)c4c(=O)n(-c5ccc(C(F)(F)F)cc5)c(=O)c4c(C(F)(F)F)c3c2=O)cc1. The first-order valence-corrected chi connectivity index (χ1v) is 33.8. The highest BCUT2D eigenvalue weighted by molar-refractivity contribution is 6.42. The van der Waals surface area contributed by atoms with E-state index < -0.39 is 125 Å². The number of fused-ring (bicyclic) bond motifs is 6. The summed E-state index contributed by atoms with van der Waals surface area (Å²) in [6.45, 7) is 0.471. The van der Waals surface area contributed by atoms with Crippen LogP contribution in [0.1, 0.15) is 116 Å². The van der Waals surface area contributed by atoms with Crippen molar-refractivity contribution >= 4 is 112 Å². The van der Waals surface area contributed by atoms with E-state index in [0.29, 0.717) is 83.1 Å². The second kappa shape index (κ2) is 28.2. The quantitative estimate of drug-likeness (QED) is 0.0645. The monoisotopic (exact) mass is 1610 g/mol. The molecule has 0 unspecified atom stereocenters. The van der Waals surface area contributed by atoms with Crippen molar-refractivity contribution in [1.82, 2.24) is 49.0 Å². The second-order valence-electron chi connectivity index (χ2n) is 26.0. The zero-order valence-corrected chi connectivity index (χ0v) is 59.5. The highest BCUT2D eigenvalue weighted by Crippen LogP contribution is 2.46. The summed E-state index contributed by atoms with van der Waals surface area (Å²) in [5.74, 6) is -1.52. The minimum atomic E-state index is -5.84. The van der Waals surface area contributed by atoms with Crippen molar-refractivity contribution in [2.24, 2.45) is 0 Å². The fourth-order valence-electron chi connectivity index (χ4n) is 13.8. The molecule has 15 aromatic rings. The van der Waals surface area contributed by atoms with Gasteiger partial charge < -0.3 is 0 Å². The van der Waals surface area contributed by atoms with Crippen LogP contribution in [0, 0.1) is 92.7 Å². The van der Waals surface area contributed by atoms with E-state index in [1.165, 1.54) is 60.7 Å². The zero-order chi connectivity index (χ0) is 86.0. The molecule has 0 bridgehead atoms. The van der Waals surface area contributed by atoms with Crippen molar-refractivity contribution in [2.75, 3.05) is 9.80 Å². The van der Waals surface area contributed by atoms with Crippen LogP contribution in [0.2, 0.25) is 0 Å². The number of anilines is 2. The summed E-state index contributed by atoms with van der Waals surface area (Å²) in [5.41, 5.74) is -10.5. The average Bonchev–Trinajstić information content (AvgIpc) is 1.43. The summed E-state index contributed by atoms with van der Waals surface area (Å²) in [6.07, 6.45) is -5.77. The third-order valence-electron chi connectivity index (χ3n) is 19.1. The van der Waals surface area contributed by atoms with Gasteiger partial charge in [-0.05, 0) is 138 Å². The number of nitriles is 6. The molecule has 17 rings (SSSR count). The van der Waals surface area contributed by atoms with Crippen molar-refractivity contribution in [3.05, 3.63) is 277 Å². The van der Waals surface area contributed by atoms with Gasteiger partial charge in [0.05, 0.1) is 99.7 Å². The van der Waals surface area contributed by atoms with E-state index in [4.69, 9.17) is 12.8 Å². The van der Waals surface area contributed by atoms with Crippen LogP contribution in [0.5, 0.6) is 0 Å². The van der Waals surface area contributed by atoms with E-state index in [2.05, 4.69) is 51.7 Å². The van der Waals surface area contributed by atoms with Gasteiger partial charge in [0, 0.05) is 51.1 Å². The van der Waals surface area contributed by atoms with Gasteiger partial charge in [0.15, 0.2) is 45.4 Å². The fraction of sp³-hybridized carbons (Fsp3) is 0.0602. The standard InChI is InChI=1S/C31H11N5O4.C27H11F11N2O4.C25H7N11/c1-2-16-3-5-20(11-18(16)14-33)35-28(37)22-7-9-24-27-25(10-8-23(26(22)27)29(35)38)31(40)36(30(24)39)21-6-4-17(13-32)19(12-21)15-34;1-24(28,29)10-2-6-12(7-3-10)39-20(41)14-15(21(39)42)19(27(36,37)38)17-16(18(14)26(33,34)35)22(43)40(23(17)44)13-8-4-11(5-9-13)25(30,31)32;1-2-14-19(9-26)34-24-22(29-14)30-15-5-3-12(7-17(15)32-24)13-4-6-16-18(8-13)33-25-23(31-16)35-20(10-27)21(11-28)36-25/h1,3-12H;2-9H,1H3;1,3-8H. The van der Waals surface area contributed by atoms with Crippen LogP contribution >= 0.6 is 0 Å². The number of terminal acetylenes is 2. The number of hydrogen-bond acceptors (Lipinski definition) is 22. The summed E-state index contributed by atoms with van der Waals surface area (Å²) in [5, 5.41) is 48.4. The maximum atomic E-state index is 14.5. The lowest BCUT2D eigenvalue weighted by Crippen LogP contribution is -2.43. The number of alkyl halides is 11. The van der Waals surface area contributed by atoms with Gasteiger partial charge in [0.25, 0.3) is 51.8 Å². The molecule has 8 heterocycles. The average molecular weight is 1620 g/mol. The number of amides is 4. The lowest BCUT2D eigenvalue weighted by atomic mass is 9.85. The molecule has 4 amide bonds. The van der Waals surface area contributed by atoms with E-state index >= 15 is 0 Å². The fourth-order valence-corrected chi connectivity index (χ4v) is 13.8. The van der Waals surface area contributed by atoms with Crippen molar-refractivity contribution in [2.45, 2.75) is 31.4 Å². The summed E-state index contributed by atoms with van der Waals surface area (Å²) in [4.78, 5) is 144. The van der Waals surface area contributed by atoms with Crippen LogP contribution in [0.25, 0.3) is 99.5 Å². The van der Waals surface area contributed by atoms with Gasteiger partial charge in [0.2, 0.25) is 0 Å². The van der Waals surface area contributed by atoms with E-state index in [1.807, 2.05) is 60.7 Å². The Morgan fingerprint density at radius 1 is 0.308 bits per heavy atom. The van der Waals surface area contributed by atoms with E-state index in [0.717, 1.165) is 20.9 Å². The molecule has 0 saturated heterocycles. The Hall–Kier alpha value is -17.6. The van der Waals surface area contributed by atoms with Crippen molar-refractivity contribution in [1.29, 1.82) is 31.6 Å². The highest BCUT2D eigenvalue weighted by Gasteiger charge is 2.48. The largest absolute Gasteiger partial charge is 0.418 e. The van der Waals surface area contributed by atoms with E-state index in [9.17, 15) is 118 Å². The molecular weight excluding hydrogens is 1590 g/mol. The third kappa shape index (κ3) is 12.6. The van der Waals surface area contributed by atoms with Gasteiger partial charge in [-0.2, -0.15) is 71.1 Å². The number of hydrogen-bond donors (Lipinski definition) is 0. The van der Waals surface area contributed by atoms with Crippen molar-refractivity contribution in [3.63, 3.8) is 0 Å². The molecule has 0 spiro atoms. The molecule has 576 valence electrons. The molecule has 0 radical (unpaired) electrons. The minimum absolute atomic E-state index is 0.00256. The lowest BCUT2D eigenvalue weighted by Gasteiger charge is -2.32. The Balaban J connectivity index is 0.000000141. The topological polar surface area (TPSA) is 399 Å². The maximum Gasteiger partial charge on any atom is 0.418 e. The molecule has 6 aromatic heterocycles. The highest BCUT2D eigenvalue weighted by atomic mass is 19.4. The molecule has 0 fully saturated rings. The predicted molar refractivity (Wildman–Crippen MR) is 400 cm³/mol. The molecule has 0 atom stereocenters. The number of benzene rings is 9. The lowest BCUT2D eigenvalue weighted by molar-refractivity contribution is -0.137. The van der Waals surface area contributed by atoms with E-state index in [-0.39, 0.29) is 116 Å². The Morgan fingerprint density at radius 2 is 0.625 bits per heavy atom. The number of nitrogens with zero attached hydrogens (tertiary/aromatic N) is 18. The molecule has 2 aliphatic rings. The van der Waals surface area contributed by atoms with Crippen LogP contribution in [0.4, 0.5) is 59.7 Å². The second-order valence-corrected chi connectivity index (χ2v) is 26.0. The summed E-state index contributed by atoms with van der Waals surface area (Å²) >= 11 is 0. The summed E-state index contributed by atoms with van der Waals surface area (Å²) < 4.78 is 153. The number of imide groups is 2. The Morgan fingerprint density at radius 3 is 0.942 bits per heavy atom. The molecular formula is C83H29F11N18O8. The normalized spacial score (nSPS) is 12.6. The van der Waals surface area contributed by atoms with Crippen LogP contribution < -0.4 is 32.0 Å².